The summed E-state index contributed by atoms with van der Waals surface area (Å²) in [7, 11) is 2.68. The number of carbonyl (C=O) groups is 1. The first kappa shape index (κ1) is 24.8. The third kappa shape index (κ3) is 5.59. The molecule has 0 bridgehead atoms. The maximum Gasteiger partial charge on any atom is 0.417 e. The van der Waals surface area contributed by atoms with Crippen molar-refractivity contribution in [1.29, 1.82) is 0 Å². The molecule has 0 fully saturated rings. The molecule has 2 aromatic rings. The van der Waals surface area contributed by atoms with Crippen LogP contribution in [-0.2, 0) is 27.3 Å². The van der Waals surface area contributed by atoms with Crippen LogP contribution in [0.15, 0.2) is 40.6 Å². The Labute approximate surface area is 180 Å². The van der Waals surface area contributed by atoms with Gasteiger partial charge in [-0.1, -0.05) is 28.5 Å². The molecule has 0 unspecified atom stereocenters. The van der Waals surface area contributed by atoms with E-state index in [0.29, 0.717) is 22.8 Å². The lowest BCUT2D eigenvalue weighted by molar-refractivity contribution is -0.138. The van der Waals surface area contributed by atoms with Crippen LogP contribution in [0.1, 0.15) is 34.7 Å². The molecule has 0 saturated heterocycles. The van der Waals surface area contributed by atoms with Crippen LogP contribution in [0.5, 0.6) is 0 Å². The SMILES string of the molecule is CNC(=O)/C(=N/OC)c1cccc(C)c1CO/N=C(\C)c1cc(F)c(F)cc1C(F)(F)F. The molecule has 0 saturated carbocycles. The third-order valence-electron chi connectivity index (χ3n) is 4.46. The first-order chi connectivity index (χ1) is 15.0. The van der Waals surface area contributed by atoms with E-state index in [0.717, 1.165) is 0 Å². The number of aryl methyl sites for hydroxylation is 1. The number of rotatable bonds is 7. The van der Waals surface area contributed by atoms with E-state index in [4.69, 9.17) is 9.68 Å². The van der Waals surface area contributed by atoms with Crippen LogP contribution >= 0.6 is 0 Å². The summed E-state index contributed by atoms with van der Waals surface area (Å²) in [4.78, 5) is 22.1. The Morgan fingerprint density at radius 3 is 2.34 bits per heavy atom. The Kier molecular flexibility index (Phi) is 7.90. The fraction of sp³-hybridized carbons (Fsp3) is 0.286. The summed E-state index contributed by atoms with van der Waals surface area (Å²) < 4.78 is 66.6. The second-order valence-electron chi connectivity index (χ2n) is 6.56. The van der Waals surface area contributed by atoms with Gasteiger partial charge in [0.2, 0.25) is 0 Å². The number of benzene rings is 2. The van der Waals surface area contributed by atoms with Crippen molar-refractivity contribution in [2.75, 3.05) is 14.2 Å². The van der Waals surface area contributed by atoms with Gasteiger partial charge in [-0.05, 0) is 31.5 Å². The van der Waals surface area contributed by atoms with Crippen molar-refractivity contribution < 1.29 is 36.4 Å². The van der Waals surface area contributed by atoms with Gasteiger partial charge in [0.15, 0.2) is 17.3 Å². The summed E-state index contributed by atoms with van der Waals surface area (Å²) in [6.07, 6.45) is -4.93. The van der Waals surface area contributed by atoms with Gasteiger partial charge < -0.3 is 15.0 Å². The van der Waals surface area contributed by atoms with Gasteiger partial charge in [0.25, 0.3) is 5.91 Å². The predicted octanol–water partition coefficient (Wildman–Crippen LogP) is 4.33. The van der Waals surface area contributed by atoms with Crippen molar-refractivity contribution >= 4 is 17.3 Å². The minimum absolute atomic E-state index is 0.0436. The molecule has 1 N–H and O–H groups in total. The Hall–Kier alpha value is -3.50. The third-order valence-corrected chi connectivity index (χ3v) is 4.46. The van der Waals surface area contributed by atoms with Gasteiger partial charge in [-0.2, -0.15) is 13.2 Å². The lowest BCUT2D eigenvalue weighted by atomic mass is 9.98. The maximum atomic E-state index is 13.6. The van der Waals surface area contributed by atoms with E-state index in [2.05, 4.69) is 15.6 Å². The highest BCUT2D eigenvalue weighted by Gasteiger charge is 2.35. The standard InChI is InChI=1S/C21H20F5N3O3/c1-11-6-5-7-13(19(29-31-4)20(30)27-3)15(11)10-32-28-12(2)14-8-17(22)18(23)9-16(14)21(24,25)26/h5-9H,10H2,1-4H3,(H,27,30)/b28-12+,29-19+. The summed E-state index contributed by atoms with van der Waals surface area (Å²) in [5.41, 5.74) is -0.874. The number of oxime groups is 2. The van der Waals surface area contributed by atoms with Crippen LogP contribution in [-0.4, -0.2) is 31.5 Å². The van der Waals surface area contributed by atoms with Crippen molar-refractivity contribution in [3.63, 3.8) is 0 Å². The summed E-state index contributed by atoms with van der Waals surface area (Å²) in [5.74, 6) is -3.61. The van der Waals surface area contributed by atoms with Crippen molar-refractivity contribution in [2.45, 2.75) is 26.6 Å². The highest BCUT2D eigenvalue weighted by molar-refractivity contribution is 6.45. The van der Waals surface area contributed by atoms with Crippen molar-refractivity contribution in [2.24, 2.45) is 10.3 Å². The van der Waals surface area contributed by atoms with Gasteiger partial charge in [-0.3, -0.25) is 4.79 Å². The largest absolute Gasteiger partial charge is 0.417 e. The Bertz CT molecular complexity index is 1070. The summed E-state index contributed by atoms with van der Waals surface area (Å²) in [6.45, 7) is 2.65. The molecule has 0 spiro atoms. The fourth-order valence-corrected chi connectivity index (χ4v) is 2.86. The number of alkyl halides is 3. The second kappa shape index (κ2) is 10.2. The van der Waals surface area contributed by atoms with Crippen molar-refractivity contribution in [3.05, 3.63) is 69.8 Å². The average Bonchev–Trinajstić information content (AvgIpc) is 2.73. The van der Waals surface area contributed by atoms with Crippen LogP contribution in [0, 0.1) is 18.6 Å². The number of hydrogen-bond acceptors (Lipinski definition) is 5. The number of nitrogens with zero attached hydrogens (tertiary/aromatic N) is 2. The van der Waals surface area contributed by atoms with Crippen LogP contribution in [0.4, 0.5) is 22.0 Å². The first-order valence-corrected chi connectivity index (χ1v) is 9.16. The quantitative estimate of drug-likeness (QED) is 0.382. The zero-order valence-corrected chi connectivity index (χ0v) is 17.6. The fourth-order valence-electron chi connectivity index (χ4n) is 2.86. The molecule has 0 aliphatic carbocycles. The van der Waals surface area contributed by atoms with E-state index < -0.39 is 34.8 Å². The molecule has 0 aliphatic rings. The Morgan fingerprint density at radius 2 is 1.75 bits per heavy atom. The normalized spacial score (nSPS) is 12.5. The molecule has 2 aromatic carbocycles. The Balaban J connectivity index is 2.40. The van der Waals surface area contributed by atoms with Gasteiger partial charge in [-0.25, -0.2) is 8.78 Å². The zero-order chi connectivity index (χ0) is 24.1. The highest BCUT2D eigenvalue weighted by atomic mass is 19.4. The van der Waals surface area contributed by atoms with Crippen LogP contribution in [0.25, 0.3) is 0 Å². The zero-order valence-electron chi connectivity index (χ0n) is 17.6. The molecule has 6 nitrogen and oxygen atoms in total. The molecule has 0 aromatic heterocycles. The van der Waals surface area contributed by atoms with Crippen LogP contribution in [0.2, 0.25) is 0 Å². The van der Waals surface area contributed by atoms with Gasteiger partial charge in [-0.15, -0.1) is 0 Å². The molecule has 0 aliphatic heterocycles. The van der Waals surface area contributed by atoms with E-state index in [1.54, 1.807) is 25.1 Å². The Morgan fingerprint density at radius 1 is 1.09 bits per heavy atom. The van der Waals surface area contributed by atoms with Gasteiger partial charge >= 0.3 is 6.18 Å². The minimum Gasteiger partial charge on any atom is -0.398 e. The number of hydrogen-bond donors (Lipinski definition) is 1. The molecule has 11 heteroatoms. The van der Waals surface area contributed by atoms with Crippen LogP contribution in [0.3, 0.4) is 0 Å². The van der Waals surface area contributed by atoms with E-state index >= 15 is 0 Å². The summed E-state index contributed by atoms with van der Waals surface area (Å²) in [6, 6.07) is 5.47. The topological polar surface area (TPSA) is 72.3 Å². The molecule has 0 heterocycles. The number of carbonyl (C=O) groups excluding carboxylic acids is 1. The number of amides is 1. The number of halogens is 5. The van der Waals surface area contributed by atoms with E-state index in [1.807, 2.05) is 0 Å². The monoisotopic (exact) mass is 457 g/mol. The molecule has 32 heavy (non-hydrogen) atoms. The second-order valence-corrected chi connectivity index (χ2v) is 6.56. The molecular weight excluding hydrogens is 437 g/mol. The van der Waals surface area contributed by atoms with Gasteiger partial charge in [0.1, 0.15) is 13.7 Å². The lowest BCUT2D eigenvalue weighted by Gasteiger charge is -2.14. The van der Waals surface area contributed by atoms with Crippen molar-refractivity contribution in [3.8, 4) is 0 Å². The smallest absolute Gasteiger partial charge is 0.398 e. The first-order valence-electron chi connectivity index (χ1n) is 9.16. The molecular formula is C21H20F5N3O3. The molecule has 1 amide bonds. The number of likely N-dealkylation sites (N-methyl/N-ethyl adjacent to an activating group) is 1. The van der Waals surface area contributed by atoms with Crippen LogP contribution < -0.4 is 5.32 Å². The summed E-state index contributed by atoms with van der Waals surface area (Å²) in [5, 5.41) is 9.80. The minimum atomic E-state index is -4.93. The van der Waals surface area contributed by atoms with E-state index in [1.165, 1.54) is 21.1 Å². The van der Waals surface area contributed by atoms with E-state index in [-0.39, 0.29) is 24.1 Å². The van der Waals surface area contributed by atoms with Crippen molar-refractivity contribution in [1.82, 2.24) is 5.32 Å². The van der Waals surface area contributed by atoms with E-state index in [9.17, 15) is 26.7 Å². The van der Waals surface area contributed by atoms with Gasteiger partial charge in [0, 0.05) is 23.7 Å². The maximum absolute atomic E-state index is 13.6. The highest BCUT2D eigenvalue weighted by Crippen LogP contribution is 2.33. The van der Waals surface area contributed by atoms with Gasteiger partial charge in [0.05, 0.1) is 11.3 Å². The molecule has 0 radical (unpaired) electrons. The molecule has 172 valence electrons. The predicted molar refractivity (Wildman–Crippen MR) is 107 cm³/mol. The molecule has 0 atom stereocenters. The lowest BCUT2D eigenvalue weighted by Crippen LogP contribution is -2.29. The number of nitrogens with one attached hydrogen (secondary N) is 1. The molecule has 2 rings (SSSR count). The summed E-state index contributed by atoms with van der Waals surface area (Å²) >= 11 is 0. The average molecular weight is 457 g/mol.